The predicted molar refractivity (Wildman–Crippen MR) is 106 cm³/mol. The van der Waals surface area contributed by atoms with Crippen molar-refractivity contribution in [2.45, 2.75) is 25.8 Å². The van der Waals surface area contributed by atoms with Gasteiger partial charge in [-0.1, -0.05) is 36.4 Å². The van der Waals surface area contributed by atoms with Gasteiger partial charge < -0.3 is 10.0 Å². The summed E-state index contributed by atoms with van der Waals surface area (Å²) >= 11 is 0. The van der Waals surface area contributed by atoms with Crippen LogP contribution in [0.3, 0.4) is 0 Å². The first-order valence-corrected chi connectivity index (χ1v) is 9.61. The van der Waals surface area contributed by atoms with Crippen molar-refractivity contribution >= 4 is 22.8 Å². The first kappa shape index (κ1) is 18.2. The van der Waals surface area contributed by atoms with Gasteiger partial charge in [-0.05, 0) is 42.9 Å². The van der Waals surface area contributed by atoms with Gasteiger partial charge in [-0.25, -0.2) is 4.79 Å². The molecule has 3 aromatic rings. The zero-order valence-electron chi connectivity index (χ0n) is 15.6. The summed E-state index contributed by atoms with van der Waals surface area (Å²) in [6.45, 7) is 1.66. The number of nitrogens with zero attached hydrogens (tertiary/aromatic N) is 3. The number of amides is 1. The number of likely N-dealkylation sites (tertiary alicyclic amines) is 1. The van der Waals surface area contributed by atoms with Crippen LogP contribution in [0.2, 0.25) is 0 Å². The molecule has 4 rings (SSSR count). The molecule has 1 aromatic heterocycles. The summed E-state index contributed by atoms with van der Waals surface area (Å²) in [6, 6.07) is 15.1. The van der Waals surface area contributed by atoms with Crippen molar-refractivity contribution in [1.82, 2.24) is 14.7 Å². The van der Waals surface area contributed by atoms with E-state index in [1.165, 1.54) is 0 Å². The van der Waals surface area contributed by atoms with Crippen molar-refractivity contribution < 1.29 is 14.7 Å². The van der Waals surface area contributed by atoms with Gasteiger partial charge in [0.1, 0.15) is 6.54 Å². The lowest BCUT2D eigenvalue weighted by Gasteiger charge is -2.32. The highest BCUT2D eigenvalue weighted by Gasteiger charge is 2.24. The van der Waals surface area contributed by atoms with E-state index in [1.807, 2.05) is 41.3 Å². The standard InChI is InChI=1S/C22H23N3O3/c26-21(15-25-20-8-4-2-6-18(20)14-23-25)24-11-9-16(10-12-24)13-17-5-1-3-7-19(17)22(27)28/h1-8,14,16H,9-13,15H2,(H,27,28). The second kappa shape index (κ2) is 7.84. The fraction of sp³-hybridized carbons (Fsp3) is 0.318. The number of aromatic nitrogens is 2. The van der Waals surface area contributed by atoms with Gasteiger partial charge in [0, 0.05) is 18.5 Å². The molecule has 1 fully saturated rings. The summed E-state index contributed by atoms with van der Waals surface area (Å²) in [5, 5.41) is 14.7. The summed E-state index contributed by atoms with van der Waals surface area (Å²) in [4.78, 5) is 26.0. The number of aromatic carboxylic acids is 1. The first-order chi connectivity index (χ1) is 13.6. The van der Waals surface area contributed by atoms with Gasteiger partial charge in [-0.3, -0.25) is 9.48 Å². The van der Waals surface area contributed by atoms with Crippen LogP contribution < -0.4 is 0 Å². The molecule has 0 spiro atoms. The van der Waals surface area contributed by atoms with Crippen molar-refractivity contribution in [3.05, 3.63) is 65.9 Å². The Bertz CT molecular complexity index is 1000. The van der Waals surface area contributed by atoms with Crippen molar-refractivity contribution in [2.24, 2.45) is 5.92 Å². The Hall–Kier alpha value is -3.15. The van der Waals surface area contributed by atoms with Crippen LogP contribution in [0.4, 0.5) is 0 Å². The average Bonchev–Trinajstić information content (AvgIpc) is 3.12. The average molecular weight is 377 g/mol. The second-order valence-corrected chi connectivity index (χ2v) is 7.35. The lowest BCUT2D eigenvalue weighted by Crippen LogP contribution is -2.40. The number of hydrogen-bond donors (Lipinski definition) is 1. The summed E-state index contributed by atoms with van der Waals surface area (Å²) in [5.74, 6) is -0.400. The third-order valence-corrected chi connectivity index (χ3v) is 5.56. The quantitative estimate of drug-likeness (QED) is 0.741. The van der Waals surface area contributed by atoms with E-state index >= 15 is 0 Å². The topological polar surface area (TPSA) is 75.4 Å². The van der Waals surface area contributed by atoms with Crippen molar-refractivity contribution in [3.8, 4) is 0 Å². The van der Waals surface area contributed by atoms with E-state index in [0.29, 0.717) is 24.6 Å². The number of carboxylic acids is 1. The first-order valence-electron chi connectivity index (χ1n) is 9.61. The minimum absolute atomic E-state index is 0.0817. The maximum absolute atomic E-state index is 12.7. The minimum atomic E-state index is -0.880. The smallest absolute Gasteiger partial charge is 0.335 e. The van der Waals surface area contributed by atoms with Crippen LogP contribution in [0, 0.1) is 5.92 Å². The molecule has 0 bridgehead atoms. The predicted octanol–water partition coefficient (Wildman–Crippen LogP) is 3.22. The van der Waals surface area contributed by atoms with Crippen LogP contribution in [0.15, 0.2) is 54.7 Å². The SMILES string of the molecule is O=C(O)c1ccccc1CC1CCN(C(=O)Cn2ncc3ccccc32)CC1. The molecule has 0 radical (unpaired) electrons. The molecule has 0 atom stereocenters. The van der Waals surface area contributed by atoms with Crippen LogP contribution in [0.25, 0.3) is 10.9 Å². The van der Waals surface area contributed by atoms with Gasteiger partial charge >= 0.3 is 5.97 Å². The fourth-order valence-corrected chi connectivity index (χ4v) is 3.98. The van der Waals surface area contributed by atoms with E-state index in [2.05, 4.69) is 5.10 Å². The monoisotopic (exact) mass is 377 g/mol. The summed E-state index contributed by atoms with van der Waals surface area (Å²) in [5.41, 5.74) is 2.23. The zero-order valence-corrected chi connectivity index (χ0v) is 15.6. The Morgan fingerprint density at radius 2 is 1.75 bits per heavy atom. The number of carboxylic acid groups (broad SMARTS) is 1. The number of benzene rings is 2. The molecule has 144 valence electrons. The number of hydrogen-bond acceptors (Lipinski definition) is 3. The maximum atomic E-state index is 12.7. The summed E-state index contributed by atoms with van der Waals surface area (Å²) in [6.07, 6.45) is 4.31. The van der Waals surface area contributed by atoms with Gasteiger partial charge in [0.2, 0.25) is 5.91 Å². The normalized spacial score (nSPS) is 15.1. The highest BCUT2D eigenvalue weighted by Crippen LogP contribution is 2.24. The molecule has 2 heterocycles. The van der Waals surface area contributed by atoms with Gasteiger partial charge in [0.05, 0.1) is 17.3 Å². The Morgan fingerprint density at radius 3 is 2.54 bits per heavy atom. The maximum Gasteiger partial charge on any atom is 0.335 e. The van der Waals surface area contributed by atoms with Crippen molar-refractivity contribution in [2.75, 3.05) is 13.1 Å². The molecule has 6 nitrogen and oxygen atoms in total. The minimum Gasteiger partial charge on any atom is -0.478 e. The number of fused-ring (bicyclic) bond motifs is 1. The molecule has 2 aromatic carbocycles. The summed E-state index contributed by atoms with van der Waals surface area (Å²) < 4.78 is 1.76. The second-order valence-electron chi connectivity index (χ2n) is 7.35. The molecule has 0 aliphatic carbocycles. The largest absolute Gasteiger partial charge is 0.478 e. The highest BCUT2D eigenvalue weighted by molar-refractivity contribution is 5.89. The van der Waals surface area contributed by atoms with E-state index < -0.39 is 5.97 Å². The molecule has 1 aliphatic rings. The van der Waals surface area contributed by atoms with Gasteiger partial charge in [-0.15, -0.1) is 0 Å². The molecule has 1 N–H and O–H groups in total. The molecule has 1 amide bonds. The van der Waals surface area contributed by atoms with Gasteiger partial charge in [-0.2, -0.15) is 5.10 Å². The lowest BCUT2D eigenvalue weighted by molar-refractivity contribution is -0.133. The van der Waals surface area contributed by atoms with E-state index in [-0.39, 0.29) is 12.5 Å². The molecular formula is C22H23N3O3. The Kier molecular flexibility index (Phi) is 5.10. The van der Waals surface area contributed by atoms with Crippen molar-refractivity contribution in [1.29, 1.82) is 0 Å². The van der Waals surface area contributed by atoms with Crippen LogP contribution in [-0.4, -0.2) is 44.8 Å². The molecule has 0 saturated carbocycles. The van der Waals surface area contributed by atoms with Crippen molar-refractivity contribution in [3.63, 3.8) is 0 Å². The molecule has 6 heteroatoms. The molecular weight excluding hydrogens is 354 g/mol. The Labute approximate surface area is 163 Å². The van der Waals surface area contributed by atoms with Gasteiger partial charge in [0.15, 0.2) is 0 Å². The Morgan fingerprint density at radius 1 is 1.04 bits per heavy atom. The number of carbonyl (C=O) groups is 2. The van der Waals surface area contributed by atoms with Crippen LogP contribution in [0.5, 0.6) is 0 Å². The van der Waals surface area contributed by atoms with E-state index in [4.69, 9.17) is 0 Å². The molecule has 1 saturated heterocycles. The van der Waals surface area contributed by atoms with E-state index in [9.17, 15) is 14.7 Å². The number of piperidine rings is 1. The number of para-hydroxylation sites is 1. The molecule has 28 heavy (non-hydrogen) atoms. The number of carbonyl (C=O) groups excluding carboxylic acids is 1. The van der Waals surface area contributed by atoms with Crippen LogP contribution >= 0.6 is 0 Å². The van der Waals surface area contributed by atoms with E-state index in [0.717, 1.165) is 35.7 Å². The van der Waals surface area contributed by atoms with Crippen LogP contribution in [0.1, 0.15) is 28.8 Å². The molecule has 1 aliphatic heterocycles. The fourth-order valence-electron chi connectivity index (χ4n) is 3.98. The number of rotatable bonds is 5. The van der Waals surface area contributed by atoms with Gasteiger partial charge in [0.25, 0.3) is 0 Å². The third-order valence-electron chi connectivity index (χ3n) is 5.56. The highest BCUT2D eigenvalue weighted by atomic mass is 16.4. The lowest BCUT2D eigenvalue weighted by atomic mass is 9.88. The van der Waals surface area contributed by atoms with E-state index in [1.54, 1.807) is 23.0 Å². The third kappa shape index (κ3) is 3.76. The van der Waals surface area contributed by atoms with Crippen LogP contribution in [-0.2, 0) is 17.8 Å². The Balaban J connectivity index is 1.35. The zero-order chi connectivity index (χ0) is 19.5. The molecule has 0 unspecified atom stereocenters. The summed E-state index contributed by atoms with van der Waals surface area (Å²) in [7, 11) is 0.